The van der Waals surface area contributed by atoms with Gasteiger partial charge in [0, 0.05) is 25.2 Å². The summed E-state index contributed by atoms with van der Waals surface area (Å²) in [5.41, 5.74) is 1.16. The molecule has 1 heterocycles. The topological polar surface area (TPSA) is 75.7 Å². The quantitative estimate of drug-likeness (QED) is 0.779. The fourth-order valence-electron chi connectivity index (χ4n) is 3.76. The predicted octanol–water partition coefficient (Wildman–Crippen LogP) is 3.06. The molecule has 0 bridgehead atoms. The van der Waals surface area contributed by atoms with Crippen LogP contribution in [-0.4, -0.2) is 37.0 Å². The zero-order chi connectivity index (χ0) is 19.2. The van der Waals surface area contributed by atoms with Gasteiger partial charge in [-0.2, -0.15) is 0 Å². The van der Waals surface area contributed by atoms with Crippen LogP contribution in [0.4, 0.5) is 5.69 Å². The van der Waals surface area contributed by atoms with Crippen LogP contribution in [0.3, 0.4) is 0 Å². The fourth-order valence-corrected chi connectivity index (χ4v) is 3.76. The molecule has 1 aromatic rings. The molecule has 1 N–H and O–H groups in total. The standard InChI is InChI=1S/C21H28N2O4/c1-15(20(25)22-14-16-6-3-2-4-7-16)27-21(26)17-9-11-18(12-10-17)23-13-5-8-19(23)24/h9-12,15-16H,2-8,13-14H2,1H3,(H,22,25). The number of amides is 2. The van der Waals surface area contributed by atoms with Crippen LogP contribution in [-0.2, 0) is 14.3 Å². The second-order valence-electron chi connectivity index (χ2n) is 7.49. The van der Waals surface area contributed by atoms with Crippen molar-refractivity contribution >= 4 is 23.5 Å². The third kappa shape index (κ3) is 5.08. The van der Waals surface area contributed by atoms with Crippen LogP contribution >= 0.6 is 0 Å². The van der Waals surface area contributed by atoms with E-state index in [2.05, 4.69) is 5.32 Å². The number of nitrogens with zero attached hydrogens (tertiary/aromatic N) is 1. The second kappa shape index (κ2) is 9.02. The van der Waals surface area contributed by atoms with Crippen LogP contribution in [0.2, 0.25) is 0 Å². The first-order chi connectivity index (χ1) is 13.0. The predicted molar refractivity (Wildman–Crippen MR) is 102 cm³/mol. The summed E-state index contributed by atoms with van der Waals surface area (Å²) in [5.74, 6) is -0.150. The Bertz CT molecular complexity index is 680. The van der Waals surface area contributed by atoms with Crippen molar-refractivity contribution in [1.82, 2.24) is 5.32 Å². The minimum absolute atomic E-state index is 0.105. The van der Waals surface area contributed by atoms with Crippen LogP contribution in [0.1, 0.15) is 62.2 Å². The number of ether oxygens (including phenoxy) is 1. The van der Waals surface area contributed by atoms with E-state index >= 15 is 0 Å². The van der Waals surface area contributed by atoms with Crippen LogP contribution in [0.5, 0.6) is 0 Å². The van der Waals surface area contributed by atoms with Gasteiger partial charge in [0.2, 0.25) is 5.91 Å². The van der Waals surface area contributed by atoms with Crippen molar-refractivity contribution in [2.24, 2.45) is 5.92 Å². The lowest BCUT2D eigenvalue weighted by molar-refractivity contribution is -0.129. The lowest BCUT2D eigenvalue weighted by atomic mass is 9.89. The van der Waals surface area contributed by atoms with E-state index in [9.17, 15) is 14.4 Å². The molecule has 6 heteroatoms. The first kappa shape index (κ1) is 19.4. The Morgan fingerprint density at radius 3 is 2.48 bits per heavy atom. The molecule has 2 aliphatic rings. The maximum atomic E-state index is 12.3. The van der Waals surface area contributed by atoms with Gasteiger partial charge in [-0.1, -0.05) is 19.3 Å². The number of anilines is 1. The normalized spacial score (nSPS) is 19.0. The third-order valence-electron chi connectivity index (χ3n) is 5.43. The Balaban J connectivity index is 1.48. The Morgan fingerprint density at radius 2 is 1.85 bits per heavy atom. The molecule has 2 fully saturated rings. The van der Waals surface area contributed by atoms with E-state index in [-0.39, 0.29) is 11.8 Å². The van der Waals surface area contributed by atoms with Gasteiger partial charge in [-0.15, -0.1) is 0 Å². The van der Waals surface area contributed by atoms with E-state index < -0.39 is 12.1 Å². The first-order valence-corrected chi connectivity index (χ1v) is 9.93. The molecule has 1 aromatic carbocycles. The molecule has 1 atom stereocenters. The molecular formula is C21H28N2O4. The van der Waals surface area contributed by atoms with Crippen molar-refractivity contribution in [3.63, 3.8) is 0 Å². The van der Waals surface area contributed by atoms with Crippen LogP contribution < -0.4 is 10.2 Å². The molecule has 1 saturated heterocycles. The van der Waals surface area contributed by atoms with Gasteiger partial charge in [0.05, 0.1) is 5.56 Å². The minimum Gasteiger partial charge on any atom is -0.449 e. The number of hydrogen-bond donors (Lipinski definition) is 1. The number of nitrogens with one attached hydrogen (secondary N) is 1. The Kier molecular flexibility index (Phi) is 6.48. The van der Waals surface area contributed by atoms with Crippen molar-refractivity contribution in [2.75, 3.05) is 18.0 Å². The Morgan fingerprint density at radius 1 is 1.15 bits per heavy atom. The molecule has 1 aliphatic carbocycles. The van der Waals surface area contributed by atoms with Gasteiger partial charge >= 0.3 is 5.97 Å². The van der Waals surface area contributed by atoms with Crippen molar-refractivity contribution in [1.29, 1.82) is 0 Å². The maximum Gasteiger partial charge on any atom is 0.338 e. The monoisotopic (exact) mass is 372 g/mol. The SMILES string of the molecule is CC(OC(=O)c1ccc(N2CCCC2=O)cc1)C(=O)NCC1CCCCC1. The zero-order valence-corrected chi connectivity index (χ0v) is 15.9. The molecule has 0 spiro atoms. The molecule has 1 aliphatic heterocycles. The van der Waals surface area contributed by atoms with Gasteiger partial charge in [0.1, 0.15) is 0 Å². The van der Waals surface area contributed by atoms with Gasteiger partial charge in [0.15, 0.2) is 6.10 Å². The number of carbonyl (C=O) groups is 3. The van der Waals surface area contributed by atoms with Crippen molar-refractivity contribution < 1.29 is 19.1 Å². The molecule has 3 rings (SSSR count). The van der Waals surface area contributed by atoms with E-state index in [4.69, 9.17) is 4.74 Å². The van der Waals surface area contributed by atoms with Crippen LogP contribution in [0.25, 0.3) is 0 Å². The van der Waals surface area contributed by atoms with E-state index in [0.29, 0.717) is 31.0 Å². The van der Waals surface area contributed by atoms with E-state index in [0.717, 1.165) is 24.9 Å². The van der Waals surface area contributed by atoms with Crippen LogP contribution in [0, 0.1) is 5.92 Å². The highest BCUT2D eigenvalue weighted by molar-refractivity contribution is 5.96. The number of carbonyl (C=O) groups excluding carboxylic acids is 3. The largest absolute Gasteiger partial charge is 0.449 e. The summed E-state index contributed by atoms with van der Waals surface area (Å²) in [7, 11) is 0. The Labute approximate surface area is 160 Å². The van der Waals surface area contributed by atoms with Crippen molar-refractivity contribution in [3.8, 4) is 0 Å². The summed E-state index contributed by atoms with van der Waals surface area (Å²) in [6.07, 6.45) is 6.63. The smallest absolute Gasteiger partial charge is 0.338 e. The summed E-state index contributed by atoms with van der Waals surface area (Å²) in [5, 5.41) is 2.90. The summed E-state index contributed by atoms with van der Waals surface area (Å²) in [6, 6.07) is 6.76. The highest BCUT2D eigenvalue weighted by Gasteiger charge is 2.23. The summed E-state index contributed by atoms with van der Waals surface area (Å²) < 4.78 is 5.29. The fraction of sp³-hybridized carbons (Fsp3) is 0.571. The average molecular weight is 372 g/mol. The van der Waals surface area contributed by atoms with Crippen LogP contribution in [0.15, 0.2) is 24.3 Å². The third-order valence-corrected chi connectivity index (χ3v) is 5.43. The van der Waals surface area contributed by atoms with Gasteiger partial charge in [-0.3, -0.25) is 9.59 Å². The van der Waals surface area contributed by atoms with Gasteiger partial charge in [0.25, 0.3) is 5.91 Å². The summed E-state index contributed by atoms with van der Waals surface area (Å²) >= 11 is 0. The molecule has 0 radical (unpaired) electrons. The molecule has 1 saturated carbocycles. The van der Waals surface area contributed by atoms with Gasteiger partial charge in [-0.05, 0) is 56.4 Å². The molecule has 2 amide bonds. The number of rotatable bonds is 6. The minimum atomic E-state index is -0.832. The van der Waals surface area contributed by atoms with E-state index in [1.54, 1.807) is 36.1 Å². The lowest BCUT2D eigenvalue weighted by Crippen LogP contribution is -2.38. The van der Waals surface area contributed by atoms with Gasteiger partial charge in [-0.25, -0.2) is 4.79 Å². The van der Waals surface area contributed by atoms with Crippen molar-refractivity contribution in [2.45, 2.75) is 58.0 Å². The number of benzene rings is 1. The second-order valence-corrected chi connectivity index (χ2v) is 7.49. The molecular weight excluding hydrogens is 344 g/mol. The van der Waals surface area contributed by atoms with E-state index in [1.807, 2.05) is 0 Å². The van der Waals surface area contributed by atoms with Crippen molar-refractivity contribution in [3.05, 3.63) is 29.8 Å². The molecule has 27 heavy (non-hydrogen) atoms. The van der Waals surface area contributed by atoms with Gasteiger partial charge < -0.3 is 15.0 Å². The molecule has 6 nitrogen and oxygen atoms in total. The number of hydrogen-bond acceptors (Lipinski definition) is 4. The number of esters is 1. The lowest BCUT2D eigenvalue weighted by Gasteiger charge is -2.22. The summed E-state index contributed by atoms with van der Waals surface area (Å²) in [6.45, 7) is 2.95. The zero-order valence-electron chi connectivity index (χ0n) is 15.9. The molecule has 1 unspecified atom stereocenters. The molecule has 146 valence electrons. The highest BCUT2D eigenvalue weighted by atomic mass is 16.5. The molecule has 0 aromatic heterocycles. The van der Waals surface area contributed by atoms with E-state index in [1.165, 1.54) is 19.3 Å². The summed E-state index contributed by atoms with van der Waals surface area (Å²) in [4.78, 5) is 38.0. The average Bonchev–Trinajstić information content (AvgIpc) is 3.12. The Hall–Kier alpha value is -2.37. The first-order valence-electron chi connectivity index (χ1n) is 9.93. The maximum absolute atomic E-state index is 12.3. The highest BCUT2D eigenvalue weighted by Crippen LogP contribution is 2.23.